The maximum atomic E-state index is 10.3. The van der Waals surface area contributed by atoms with E-state index in [1.54, 1.807) is 0 Å². The minimum absolute atomic E-state index is 0.462. The van der Waals surface area contributed by atoms with E-state index in [2.05, 4.69) is 4.18 Å². The highest BCUT2D eigenvalue weighted by molar-refractivity contribution is 7.86. The molecule has 0 saturated heterocycles. The number of rotatable bonds is 2. The van der Waals surface area contributed by atoms with Gasteiger partial charge in [0.2, 0.25) is 3.79 Å². The van der Waals surface area contributed by atoms with Gasteiger partial charge >= 0.3 is 0 Å². The fraction of sp³-hybridized carbons (Fsp3) is 1.00. The highest BCUT2D eigenvalue weighted by Crippen LogP contribution is 2.26. The molecule has 0 aliphatic carbocycles. The third kappa shape index (κ3) is 8.78. The van der Waals surface area contributed by atoms with E-state index >= 15 is 0 Å². The summed E-state index contributed by atoms with van der Waals surface area (Å²) in [4.78, 5) is 0. The topological polar surface area (TPSA) is 43.4 Å². The first-order chi connectivity index (χ1) is 4.21. The van der Waals surface area contributed by atoms with Gasteiger partial charge in [0.15, 0.2) is 0 Å². The van der Waals surface area contributed by atoms with Crippen LogP contribution in [0, 0.1) is 0 Å². The van der Waals surface area contributed by atoms with Crippen molar-refractivity contribution in [1.29, 1.82) is 0 Å². The molecule has 7 heteroatoms. The lowest BCUT2D eigenvalue weighted by Gasteiger charge is -2.08. The second kappa shape index (κ2) is 3.45. The fourth-order valence-corrected chi connectivity index (χ4v) is 0.922. The maximum Gasteiger partial charge on any atom is 0.264 e. The van der Waals surface area contributed by atoms with Crippen LogP contribution in [-0.4, -0.2) is 25.1 Å². The Kier molecular flexibility index (Phi) is 3.72. The van der Waals surface area contributed by atoms with E-state index in [4.69, 9.17) is 34.8 Å². The predicted molar refractivity (Wildman–Crippen MR) is 41.1 cm³/mol. The summed E-state index contributed by atoms with van der Waals surface area (Å²) in [7, 11) is -3.51. The van der Waals surface area contributed by atoms with Crippen molar-refractivity contribution in [3.63, 3.8) is 0 Å². The van der Waals surface area contributed by atoms with Crippen LogP contribution in [-0.2, 0) is 14.3 Å². The van der Waals surface area contributed by atoms with Gasteiger partial charge in [-0.25, -0.2) is 0 Å². The Bertz CT molecular complexity index is 192. The van der Waals surface area contributed by atoms with Crippen molar-refractivity contribution < 1.29 is 12.6 Å². The summed E-state index contributed by atoms with van der Waals surface area (Å²) < 4.78 is 23.1. The zero-order valence-electron chi connectivity index (χ0n) is 4.97. The third-order valence-electron chi connectivity index (χ3n) is 0.437. The van der Waals surface area contributed by atoms with Crippen molar-refractivity contribution in [2.45, 2.75) is 3.79 Å². The molecule has 0 aliphatic heterocycles. The first kappa shape index (κ1) is 10.8. The van der Waals surface area contributed by atoms with E-state index in [1.165, 1.54) is 0 Å². The number of halogens is 3. The zero-order valence-corrected chi connectivity index (χ0v) is 8.06. The smallest absolute Gasteiger partial charge is 0.264 e. The second-order valence-corrected chi connectivity index (χ2v) is 5.74. The van der Waals surface area contributed by atoms with Crippen LogP contribution in [0.3, 0.4) is 0 Å². The monoisotopic (exact) mass is 226 g/mol. The molecule has 62 valence electrons. The van der Waals surface area contributed by atoms with Gasteiger partial charge in [0.05, 0.1) is 6.26 Å². The summed E-state index contributed by atoms with van der Waals surface area (Å²) in [5, 5.41) is 0. The largest absolute Gasteiger partial charge is 0.266 e. The Hall–Kier alpha value is 0.780. The van der Waals surface area contributed by atoms with Crippen LogP contribution in [0.15, 0.2) is 0 Å². The molecule has 0 saturated carbocycles. The van der Waals surface area contributed by atoms with E-state index in [0.717, 1.165) is 6.26 Å². The van der Waals surface area contributed by atoms with Crippen LogP contribution in [0.25, 0.3) is 0 Å². The minimum Gasteiger partial charge on any atom is -0.266 e. The average Bonchev–Trinajstić information content (AvgIpc) is 1.57. The van der Waals surface area contributed by atoms with Gasteiger partial charge in [-0.15, -0.1) is 0 Å². The molecule has 0 aromatic heterocycles. The fourth-order valence-electron chi connectivity index (χ4n) is 0.174. The van der Waals surface area contributed by atoms with Gasteiger partial charge in [-0.1, -0.05) is 34.8 Å². The van der Waals surface area contributed by atoms with Crippen molar-refractivity contribution in [1.82, 2.24) is 0 Å². The van der Waals surface area contributed by atoms with Gasteiger partial charge in [-0.3, -0.25) is 4.18 Å². The summed E-state index contributed by atoms with van der Waals surface area (Å²) >= 11 is 15.5. The Morgan fingerprint density at radius 2 is 1.80 bits per heavy atom. The van der Waals surface area contributed by atoms with E-state index in [9.17, 15) is 8.42 Å². The van der Waals surface area contributed by atoms with Gasteiger partial charge in [-0.05, 0) is 0 Å². The number of hydrogen-bond acceptors (Lipinski definition) is 3. The number of hydrogen-bond donors (Lipinski definition) is 0. The van der Waals surface area contributed by atoms with E-state index in [1.807, 2.05) is 0 Å². The molecule has 0 aromatic carbocycles. The normalized spacial score (nSPS) is 13.6. The molecule has 0 aliphatic rings. The molecule has 0 fully saturated rings. The van der Waals surface area contributed by atoms with Crippen LogP contribution < -0.4 is 0 Å². The van der Waals surface area contributed by atoms with Gasteiger partial charge in [0.25, 0.3) is 10.1 Å². The van der Waals surface area contributed by atoms with Crippen LogP contribution in [0.5, 0.6) is 0 Å². The number of alkyl halides is 3. The van der Waals surface area contributed by atoms with Crippen LogP contribution in [0.4, 0.5) is 0 Å². The highest BCUT2D eigenvalue weighted by Gasteiger charge is 2.22. The van der Waals surface area contributed by atoms with Crippen molar-refractivity contribution in [2.75, 3.05) is 12.9 Å². The van der Waals surface area contributed by atoms with E-state index < -0.39 is 20.5 Å². The van der Waals surface area contributed by atoms with E-state index in [-0.39, 0.29) is 0 Å². The highest BCUT2D eigenvalue weighted by atomic mass is 35.6. The molecule has 0 bridgehead atoms. The van der Waals surface area contributed by atoms with Crippen molar-refractivity contribution in [2.24, 2.45) is 0 Å². The Morgan fingerprint density at radius 3 is 1.90 bits per heavy atom. The molecule has 0 aromatic rings. The summed E-state index contributed by atoms with van der Waals surface area (Å²) in [6.45, 7) is -0.462. The Morgan fingerprint density at radius 1 is 1.40 bits per heavy atom. The third-order valence-corrected chi connectivity index (χ3v) is 1.31. The molecule has 3 nitrogen and oxygen atoms in total. The summed E-state index contributed by atoms with van der Waals surface area (Å²) in [5.74, 6) is 0. The van der Waals surface area contributed by atoms with Gasteiger partial charge < -0.3 is 0 Å². The molecule has 0 amide bonds. The van der Waals surface area contributed by atoms with Crippen molar-refractivity contribution in [3.8, 4) is 0 Å². The Labute approximate surface area is 74.3 Å². The summed E-state index contributed by atoms with van der Waals surface area (Å²) in [6, 6.07) is 0. The molecule has 0 spiro atoms. The van der Waals surface area contributed by atoms with Crippen molar-refractivity contribution >= 4 is 44.9 Å². The summed E-state index contributed by atoms with van der Waals surface area (Å²) in [5.41, 5.74) is 0. The lowest BCUT2D eigenvalue weighted by Crippen LogP contribution is -2.16. The van der Waals surface area contributed by atoms with E-state index in [0.29, 0.717) is 0 Å². The molecular weight excluding hydrogens is 222 g/mol. The molecule has 10 heavy (non-hydrogen) atoms. The predicted octanol–water partition coefficient (Wildman–Crippen LogP) is 1.33. The SMILES string of the molecule is CS(=O)(=O)OCC(Cl)(Cl)Cl. The second-order valence-electron chi connectivity index (χ2n) is 1.58. The van der Waals surface area contributed by atoms with Crippen molar-refractivity contribution in [3.05, 3.63) is 0 Å². The van der Waals surface area contributed by atoms with Gasteiger partial charge in [0.1, 0.15) is 6.61 Å². The molecule has 0 unspecified atom stereocenters. The first-order valence-corrected chi connectivity index (χ1v) is 5.07. The van der Waals surface area contributed by atoms with Crippen LogP contribution in [0.2, 0.25) is 0 Å². The first-order valence-electron chi connectivity index (χ1n) is 2.12. The van der Waals surface area contributed by atoms with Crippen LogP contribution in [0.1, 0.15) is 0 Å². The molecular formula is C3H5Cl3O3S. The van der Waals surface area contributed by atoms with Gasteiger partial charge in [-0.2, -0.15) is 8.42 Å². The molecule has 0 atom stereocenters. The molecule has 0 N–H and O–H groups in total. The lowest BCUT2D eigenvalue weighted by molar-refractivity contribution is 0.329. The molecule has 0 rings (SSSR count). The minimum atomic E-state index is -3.51. The van der Waals surface area contributed by atoms with Gasteiger partial charge in [0, 0.05) is 0 Å². The summed E-state index contributed by atoms with van der Waals surface area (Å²) in [6.07, 6.45) is 0.878. The van der Waals surface area contributed by atoms with Crippen LogP contribution >= 0.6 is 34.8 Å². The zero-order chi connectivity index (χ0) is 8.41. The standard InChI is InChI=1S/C3H5Cl3O3S/c1-10(7,8)9-2-3(4,5)6/h2H2,1H3. The lowest BCUT2D eigenvalue weighted by atomic mass is 10.9. The average molecular weight is 227 g/mol. The maximum absolute atomic E-state index is 10.3. The molecule has 0 radical (unpaired) electrons. The molecule has 0 heterocycles. The Balaban J connectivity index is 3.79. The quantitative estimate of drug-likeness (QED) is 0.528.